The number of H-pyrrole nitrogens is 1. The number of benzene rings is 1. The maximum Gasteiger partial charge on any atom is 0.341 e. The number of nitrogens with one attached hydrogen (secondary N) is 1. The number of aromatic carboxylic acids is 1. The van der Waals surface area contributed by atoms with Crippen LogP contribution in [0.4, 0.5) is 0 Å². The third-order valence-electron chi connectivity index (χ3n) is 2.31. The van der Waals surface area contributed by atoms with E-state index in [9.17, 15) is 9.59 Å². The predicted molar refractivity (Wildman–Crippen MR) is 64.5 cm³/mol. The van der Waals surface area contributed by atoms with E-state index in [1.165, 1.54) is 12.3 Å². The van der Waals surface area contributed by atoms with Crippen molar-refractivity contribution in [2.75, 3.05) is 0 Å². The van der Waals surface area contributed by atoms with Gasteiger partial charge in [0.05, 0.1) is 0 Å². The molecule has 2 rings (SSSR count). The molecule has 86 valence electrons. The lowest BCUT2D eigenvalue weighted by molar-refractivity contribution is 0.0696. The molecule has 17 heavy (non-hydrogen) atoms. The van der Waals surface area contributed by atoms with E-state index in [-0.39, 0.29) is 5.56 Å². The van der Waals surface area contributed by atoms with Crippen molar-refractivity contribution in [3.63, 3.8) is 0 Å². The number of carboxylic acid groups (broad SMARTS) is 1. The fourth-order valence-corrected chi connectivity index (χ4v) is 1.78. The van der Waals surface area contributed by atoms with Gasteiger partial charge in [-0.1, -0.05) is 23.7 Å². The topological polar surface area (TPSA) is 70.2 Å². The van der Waals surface area contributed by atoms with Crippen molar-refractivity contribution >= 4 is 17.6 Å². The minimum absolute atomic E-state index is 0.283. The molecule has 0 atom stereocenters. The molecule has 1 heterocycles. The number of pyridine rings is 1. The molecule has 0 aliphatic carbocycles. The van der Waals surface area contributed by atoms with Gasteiger partial charge >= 0.3 is 5.97 Å². The molecular weight excluding hydrogens is 242 g/mol. The minimum Gasteiger partial charge on any atom is -0.477 e. The lowest BCUT2D eigenvalue weighted by atomic mass is 10.0. The van der Waals surface area contributed by atoms with Gasteiger partial charge in [-0.15, -0.1) is 0 Å². The summed E-state index contributed by atoms with van der Waals surface area (Å²) in [6.07, 6.45) is 1.41. The van der Waals surface area contributed by atoms with Crippen LogP contribution < -0.4 is 5.56 Å². The van der Waals surface area contributed by atoms with Crippen LogP contribution in [0.3, 0.4) is 0 Å². The van der Waals surface area contributed by atoms with E-state index in [1.54, 1.807) is 24.3 Å². The van der Waals surface area contributed by atoms with E-state index >= 15 is 0 Å². The zero-order chi connectivity index (χ0) is 12.4. The highest BCUT2D eigenvalue weighted by atomic mass is 35.5. The average molecular weight is 250 g/mol. The molecule has 2 N–H and O–H groups in total. The molecule has 0 saturated carbocycles. The monoisotopic (exact) mass is 249 g/mol. The molecule has 0 spiro atoms. The lowest BCUT2D eigenvalue weighted by Gasteiger charge is -2.05. The van der Waals surface area contributed by atoms with Crippen LogP contribution in [0, 0.1) is 0 Å². The number of halogens is 1. The highest BCUT2D eigenvalue weighted by molar-refractivity contribution is 6.30. The van der Waals surface area contributed by atoms with Crippen LogP contribution >= 0.6 is 11.6 Å². The van der Waals surface area contributed by atoms with E-state index in [1.807, 2.05) is 0 Å². The number of carboxylic acids is 1. The summed E-state index contributed by atoms with van der Waals surface area (Å²) in [6.45, 7) is 0. The number of rotatable bonds is 2. The maximum absolute atomic E-state index is 11.5. The highest BCUT2D eigenvalue weighted by Crippen LogP contribution is 2.23. The molecule has 0 bridgehead atoms. The molecule has 1 aromatic heterocycles. The van der Waals surface area contributed by atoms with Crippen LogP contribution in [0.15, 0.2) is 41.3 Å². The Morgan fingerprint density at radius 2 is 2.06 bits per heavy atom. The summed E-state index contributed by atoms with van der Waals surface area (Å²) in [5.74, 6) is -1.26. The Labute approximate surface area is 101 Å². The van der Waals surface area contributed by atoms with Crippen molar-refractivity contribution in [2.45, 2.75) is 0 Å². The van der Waals surface area contributed by atoms with Crippen LogP contribution in [-0.2, 0) is 0 Å². The zero-order valence-corrected chi connectivity index (χ0v) is 9.36. The molecule has 0 aliphatic rings. The Morgan fingerprint density at radius 3 is 2.71 bits per heavy atom. The Bertz CT molecular complexity index is 634. The van der Waals surface area contributed by atoms with Gasteiger partial charge in [0.2, 0.25) is 0 Å². The fourth-order valence-electron chi connectivity index (χ4n) is 1.59. The first-order chi connectivity index (χ1) is 8.09. The minimum atomic E-state index is -1.26. The molecule has 0 saturated heterocycles. The third kappa shape index (κ3) is 2.21. The Kier molecular flexibility index (Phi) is 2.97. The quantitative estimate of drug-likeness (QED) is 0.859. The molecular formula is C12H8ClNO3. The first-order valence-electron chi connectivity index (χ1n) is 4.80. The molecule has 5 heteroatoms. The molecule has 0 aliphatic heterocycles. The van der Waals surface area contributed by atoms with Gasteiger partial charge in [0, 0.05) is 16.8 Å². The van der Waals surface area contributed by atoms with Crippen molar-refractivity contribution in [3.05, 3.63) is 57.5 Å². The van der Waals surface area contributed by atoms with E-state index in [0.29, 0.717) is 16.1 Å². The first kappa shape index (κ1) is 11.4. The number of carbonyl (C=O) groups is 1. The summed E-state index contributed by atoms with van der Waals surface area (Å²) in [4.78, 5) is 24.9. The Balaban J connectivity index is 2.72. The van der Waals surface area contributed by atoms with Gasteiger partial charge in [0.25, 0.3) is 5.56 Å². The van der Waals surface area contributed by atoms with E-state index in [0.717, 1.165) is 0 Å². The van der Waals surface area contributed by atoms with Crippen LogP contribution in [0.2, 0.25) is 5.02 Å². The van der Waals surface area contributed by atoms with Crippen molar-refractivity contribution < 1.29 is 9.90 Å². The standard InChI is InChI=1S/C12H8ClNO3/c13-8-3-1-2-7(6-8)9-4-5-14-11(15)10(9)12(16)17/h1-6H,(H,14,15)(H,16,17). The first-order valence-corrected chi connectivity index (χ1v) is 5.18. The average Bonchev–Trinajstić information content (AvgIpc) is 2.28. The summed E-state index contributed by atoms with van der Waals surface area (Å²) in [6, 6.07) is 8.23. The van der Waals surface area contributed by atoms with Gasteiger partial charge in [-0.3, -0.25) is 4.79 Å². The second-order valence-electron chi connectivity index (χ2n) is 3.41. The van der Waals surface area contributed by atoms with Gasteiger partial charge in [-0.25, -0.2) is 4.79 Å². The second-order valence-corrected chi connectivity index (χ2v) is 3.85. The fraction of sp³-hybridized carbons (Fsp3) is 0. The maximum atomic E-state index is 11.5. The number of aromatic amines is 1. The normalized spacial score (nSPS) is 10.2. The molecule has 1 aromatic carbocycles. The van der Waals surface area contributed by atoms with Crippen molar-refractivity contribution in [1.82, 2.24) is 4.98 Å². The molecule has 4 nitrogen and oxygen atoms in total. The van der Waals surface area contributed by atoms with Gasteiger partial charge in [-0.2, -0.15) is 0 Å². The SMILES string of the molecule is O=C(O)c1c(-c2cccc(Cl)c2)cc[nH]c1=O. The Morgan fingerprint density at radius 1 is 1.29 bits per heavy atom. The van der Waals surface area contributed by atoms with Gasteiger partial charge in [0.1, 0.15) is 5.56 Å². The van der Waals surface area contributed by atoms with Crippen molar-refractivity contribution in [3.8, 4) is 11.1 Å². The lowest BCUT2D eigenvalue weighted by Crippen LogP contribution is -2.18. The molecule has 2 aromatic rings. The zero-order valence-electron chi connectivity index (χ0n) is 8.61. The summed E-state index contributed by atoms with van der Waals surface area (Å²) in [5.41, 5.74) is 0.0366. The van der Waals surface area contributed by atoms with Crippen LogP contribution in [-0.4, -0.2) is 16.1 Å². The van der Waals surface area contributed by atoms with Crippen molar-refractivity contribution in [2.24, 2.45) is 0 Å². The molecule has 0 fully saturated rings. The van der Waals surface area contributed by atoms with Crippen molar-refractivity contribution in [1.29, 1.82) is 0 Å². The van der Waals surface area contributed by atoms with Gasteiger partial charge in [0.15, 0.2) is 0 Å². The summed E-state index contributed by atoms with van der Waals surface area (Å²) < 4.78 is 0. The smallest absolute Gasteiger partial charge is 0.341 e. The third-order valence-corrected chi connectivity index (χ3v) is 2.55. The molecule has 0 unspecified atom stereocenters. The number of hydrogen-bond donors (Lipinski definition) is 2. The van der Waals surface area contributed by atoms with Crippen LogP contribution in [0.5, 0.6) is 0 Å². The van der Waals surface area contributed by atoms with Gasteiger partial charge in [-0.05, 0) is 23.8 Å². The number of aromatic nitrogens is 1. The molecule has 0 radical (unpaired) electrons. The summed E-state index contributed by atoms with van der Waals surface area (Å²) in [7, 11) is 0. The summed E-state index contributed by atoms with van der Waals surface area (Å²) in [5, 5.41) is 9.51. The number of hydrogen-bond acceptors (Lipinski definition) is 2. The second kappa shape index (κ2) is 4.43. The molecule has 0 amide bonds. The van der Waals surface area contributed by atoms with Crippen LogP contribution in [0.25, 0.3) is 11.1 Å². The Hall–Kier alpha value is -2.07. The van der Waals surface area contributed by atoms with E-state index in [2.05, 4.69) is 4.98 Å². The highest BCUT2D eigenvalue weighted by Gasteiger charge is 2.15. The van der Waals surface area contributed by atoms with E-state index in [4.69, 9.17) is 16.7 Å². The largest absolute Gasteiger partial charge is 0.477 e. The van der Waals surface area contributed by atoms with Crippen LogP contribution in [0.1, 0.15) is 10.4 Å². The van der Waals surface area contributed by atoms with Gasteiger partial charge < -0.3 is 10.1 Å². The summed E-state index contributed by atoms with van der Waals surface area (Å²) >= 11 is 5.83. The predicted octanol–water partition coefficient (Wildman–Crippen LogP) is 2.39. The van der Waals surface area contributed by atoms with E-state index < -0.39 is 11.5 Å².